The van der Waals surface area contributed by atoms with Gasteiger partial charge in [-0.15, -0.1) is 20.5 Å². The van der Waals surface area contributed by atoms with Crippen LogP contribution >= 0.6 is 46.4 Å². The third kappa shape index (κ3) is 2.51. The summed E-state index contributed by atoms with van der Waals surface area (Å²) in [7, 11) is 0. The van der Waals surface area contributed by atoms with E-state index in [1.54, 1.807) is 48.5 Å². The highest BCUT2D eigenvalue weighted by Crippen LogP contribution is 2.61. The van der Waals surface area contributed by atoms with Gasteiger partial charge in [0.2, 0.25) is 4.33 Å². The van der Waals surface area contributed by atoms with Crippen LogP contribution in [0.2, 0.25) is 10.0 Å². The van der Waals surface area contributed by atoms with Crippen LogP contribution in [0.1, 0.15) is 11.1 Å². The summed E-state index contributed by atoms with van der Waals surface area (Å²) in [6, 6.07) is 13.6. The van der Waals surface area contributed by atoms with Gasteiger partial charge in [0.1, 0.15) is 0 Å². The van der Waals surface area contributed by atoms with Crippen molar-refractivity contribution in [2.75, 3.05) is 0 Å². The summed E-state index contributed by atoms with van der Waals surface area (Å²) in [4.78, 5) is 0. The van der Waals surface area contributed by atoms with Gasteiger partial charge in [0, 0.05) is 21.2 Å². The van der Waals surface area contributed by atoms with Crippen LogP contribution in [-0.2, 0) is 11.3 Å². The normalized spacial score (nSPS) is 19.1. The molecular weight excluding hydrogens is 434 g/mol. The third-order valence-corrected chi connectivity index (χ3v) is 5.93. The van der Waals surface area contributed by atoms with E-state index in [-0.39, 0.29) is 0 Å². The number of halogens is 4. The Kier molecular flexibility index (Phi) is 4.46. The lowest BCUT2D eigenvalue weighted by atomic mass is 9.84. The van der Waals surface area contributed by atoms with E-state index in [1.165, 1.54) is 0 Å². The van der Waals surface area contributed by atoms with Crippen molar-refractivity contribution in [3.05, 3.63) is 69.7 Å². The molecule has 0 N–H and O–H groups in total. The number of hydrogen-bond acceptors (Lipinski definition) is 8. The molecule has 12 heteroatoms. The van der Waals surface area contributed by atoms with Crippen molar-refractivity contribution in [3.8, 4) is 0 Å². The summed E-state index contributed by atoms with van der Waals surface area (Å²) in [5, 5.41) is 31.5. The first-order chi connectivity index (χ1) is 12.9. The second kappa shape index (κ2) is 6.56. The zero-order valence-electron chi connectivity index (χ0n) is 13.2. The smallest absolute Gasteiger partial charge is 0.126 e. The Morgan fingerprint density at radius 3 is 1.26 bits per heavy atom. The van der Waals surface area contributed by atoms with Crippen molar-refractivity contribution in [1.82, 2.24) is 0 Å². The highest BCUT2D eigenvalue weighted by molar-refractivity contribution is 6.50. The van der Waals surface area contributed by atoms with Gasteiger partial charge in [-0.25, -0.2) is 0 Å². The van der Waals surface area contributed by atoms with E-state index in [4.69, 9.17) is 46.4 Å². The predicted molar refractivity (Wildman–Crippen MR) is 100 cm³/mol. The molecule has 0 radical (unpaired) electrons. The fourth-order valence-electron chi connectivity index (χ4n) is 2.91. The van der Waals surface area contributed by atoms with E-state index in [0.29, 0.717) is 21.2 Å². The molecule has 2 aliphatic rings. The number of hydrogen-bond donors (Lipinski definition) is 0. The minimum Gasteiger partial charge on any atom is -0.126 e. The van der Waals surface area contributed by atoms with Gasteiger partial charge in [-0.05, 0) is 33.0 Å². The Morgan fingerprint density at radius 2 is 0.926 bits per heavy atom. The van der Waals surface area contributed by atoms with Crippen LogP contribution < -0.4 is 0 Å². The van der Waals surface area contributed by atoms with Gasteiger partial charge in [-0.1, -0.05) is 82.8 Å². The SMILES string of the molecule is Clc1ccccc1C1(C(Cl)(Cl)C2(c3ccccc3Cl)N=NN=N2)N=NN=N1. The maximum atomic E-state index is 6.91. The lowest BCUT2D eigenvalue weighted by molar-refractivity contribution is 0.269. The van der Waals surface area contributed by atoms with E-state index in [2.05, 4.69) is 41.4 Å². The first kappa shape index (κ1) is 18.4. The Morgan fingerprint density at radius 1 is 0.593 bits per heavy atom. The molecule has 0 saturated heterocycles. The molecule has 0 amide bonds. The van der Waals surface area contributed by atoms with Crippen LogP contribution in [0.5, 0.6) is 0 Å². The lowest BCUT2D eigenvalue weighted by Gasteiger charge is -2.40. The number of nitrogens with zero attached hydrogens (tertiary/aromatic N) is 8. The molecule has 2 aliphatic heterocycles. The van der Waals surface area contributed by atoms with Crippen LogP contribution in [0.4, 0.5) is 0 Å². The van der Waals surface area contributed by atoms with Crippen molar-refractivity contribution in [2.24, 2.45) is 41.4 Å². The van der Waals surface area contributed by atoms with Crippen LogP contribution in [0.3, 0.4) is 0 Å². The summed E-state index contributed by atoms with van der Waals surface area (Å²) in [5.41, 5.74) is -2.78. The molecule has 0 aliphatic carbocycles. The second-order valence-electron chi connectivity index (χ2n) is 5.64. The third-order valence-electron chi connectivity index (χ3n) is 4.21. The first-order valence-electron chi connectivity index (χ1n) is 7.51. The van der Waals surface area contributed by atoms with Crippen LogP contribution in [0, 0.1) is 0 Å². The summed E-state index contributed by atoms with van der Waals surface area (Å²) in [6.45, 7) is 0. The molecule has 136 valence electrons. The largest absolute Gasteiger partial charge is 0.258 e. The van der Waals surface area contributed by atoms with E-state index in [0.717, 1.165) is 0 Å². The average molecular weight is 442 g/mol. The lowest BCUT2D eigenvalue weighted by Crippen LogP contribution is -2.53. The molecule has 2 aromatic carbocycles. The Bertz CT molecular complexity index is 913. The minimum atomic E-state index is -2.02. The fourth-order valence-corrected chi connectivity index (χ4v) is 4.16. The molecule has 0 bridgehead atoms. The standard InChI is InChI=1S/C15H8Cl4N8/c16-11-7-3-1-5-9(11)13(20-24-25-21-13)15(18,19)14(22-26-27-23-14)10-6-2-4-8-12(10)17/h1-8H. The van der Waals surface area contributed by atoms with Crippen molar-refractivity contribution in [3.63, 3.8) is 0 Å². The summed E-state index contributed by atoms with van der Waals surface area (Å²) >= 11 is 26.6. The average Bonchev–Trinajstić information content (AvgIpc) is 3.34. The zero-order valence-corrected chi connectivity index (χ0v) is 16.2. The molecule has 8 nitrogen and oxygen atoms in total. The maximum Gasteiger partial charge on any atom is 0.258 e. The molecule has 0 unspecified atom stereocenters. The highest BCUT2D eigenvalue weighted by atomic mass is 35.5. The first-order valence-corrected chi connectivity index (χ1v) is 9.02. The molecule has 0 fully saturated rings. The molecule has 4 rings (SSSR count). The van der Waals surface area contributed by atoms with Gasteiger partial charge in [0.05, 0.1) is 0 Å². The van der Waals surface area contributed by atoms with Gasteiger partial charge >= 0.3 is 0 Å². The molecule has 0 saturated carbocycles. The van der Waals surface area contributed by atoms with E-state index in [1.807, 2.05) is 0 Å². The predicted octanol–water partition coefficient (Wildman–Crippen LogP) is 6.84. The van der Waals surface area contributed by atoms with Crippen LogP contribution in [-0.4, -0.2) is 4.33 Å². The second-order valence-corrected chi connectivity index (χ2v) is 7.78. The van der Waals surface area contributed by atoms with Crippen LogP contribution in [0.15, 0.2) is 89.9 Å². The van der Waals surface area contributed by atoms with Gasteiger partial charge in [0.15, 0.2) is 0 Å². The van der Waals surface area contributed by atoms with Crippen molar-refractivity contribution >= 4 is 46.4 Å². The van der Waals surface area contributed by atoms with Gasteiger partial charge in [0.25, 0.3) is 11.3 Å². The van der Waals surface area contributed by atoms with Crippen molar-refractivity contribution in [2.45, 2.75) is 15.7 Å². The summed E-state index contributed by atoms with van der Waals surface area (Å²) in [6.07, 6.45) is 0. The Balaban J connectivity index is 2.00. The fraction of sp³-hybridized carbons (Fsp3) is 0.200. The Hall–Kier alpha value is -2.00. The molecule has 0 atom stereocenters. The number of alkyl halides is 2. The zero-order chi connectivity index (χ0) is 19.1. The molecule has 2 heterocycles. The molecular formula is C15H8Cl4N8. The summed E-state index contributed by atoms with van der Waals surface area (Å²) < 4.78 is -2.02. The van der Waals surface area contributed by atoms with Crippen molar-refractivity contribution in [1.29, 1.82) is 0 Å². The number of rotatable bonds is 4. The van der Waals surface area contributed by atoms with Crippen LogP contribution in [0.25, 0.3) is 0 Å². The van der Waals surface area contributed by atoms with Gasteiger partial charge in [-0.3, -0.25) is 0 Å². The van der Waals surface area contributed by atoms with E-state index in [9.17, 15) is 0 Å². The molecule has 2 aromatic rings. The quantitative estimate of drug-likeness (QED) is 0.464. The molecule has 0 aromatic heterocycles. The molecule has 27 heavy (non-hydrogen) atoms. The minimum absolute atomic E-state index is 0.309. The maximum absolute atomic E-state index is 6.91. The summed E-state index contributed by atoms with van der Waals surface area (Å²) in [5.74, 6) is 0. The van der Waals surface area contributed by atoms with E-state index >= 15 is 0 Å². The molecule has 0 spiro atoms. The monoisotopic (exact) mass is 440 g/mol. The van der Waals surface area contributed by atoms with E-state index < -0.39 is 15.7 Å². The number of benzene rings is 2. The highest BCUT2D eigenvalue weighted by Gasteiger charge is 2.70. The van der Waals surface area contributed by atoms with Gasteiger partial charge in [-0.2, -0.15) is 0 Å². The van der Waals surface area contributed by atoms with Crippen molar-refractivity contribution < 1.29 is 0 Å². The Labute approximate surface area is 173 Å². The topological polar surface area (TPSA) is 98.9 Å². The van der Waals surface area contributed by atoms with Gasteiger partial charge < -0.3 is 0 Å².